The number of likely N-dealkylation sites (N-methyl/N-ethyl adjacent to an activating group) is 1. The number of amides is 1. The third kappa shape index (κ3) is 33.0. The molecule has 0 radical (unpaired) electrons. The summed E-state index contributed by atoms with van der Waals surface area (Å²) >= 11 is 0. The highest BCUT2D eigenvalue weighted by Gasteiger charge is 2.23. The fraction of sp³-hybridized carbons (Fsp3) is 0.816. The van der Waals surface area contributed by atoms with Crippen molar-refractivity contribution in [3.05, 3.63) is 36.5 Å². The second kappa shape index (κ2) is 30.8. The lowest BCUT2D eigenvalue weighted by Gasteiger charge is -2.29. The molecule has 3 atom stereocenters. The van der Waals surface area contributed by atoms with Crippen molar-refractivity contribution >= 4 is 13.7 Å². The van der Waals surface area contributed by atoms with Crippen LogP contribution in [0.2, 0.25) is 0 Å². The molecule has 3 unspecified atom stereocenters. The van der Waals surface area contributed by atoms with Gasteiger partial charge in [0.2, 0.25) is 5.91 Å². The average Bonchev–Trinajstić information content (AvgIpc) is 3.01. The van der Waals surface area contributed by atoms with E-state index in [9.17, 15) is 19.4 Å². The Hall–Kier alpha value is -1.28. The number of allylic oxidation sites excluding steroid dienone is 5. The monoisotopic (exact) mass is 685 g/mol. The Bertz CT molecular complexity index is 871. The van der Waals surface area contributed by atoms with Crippen LogP contribution in [0.4, 0.5) is 0 Å². The lowest BCUT2D eigenvalue weighted by molar-refractivity contribution is -0.870. The zero-order valence-corrected chi connectivity index (χ0v) is 31.9. The minimum absolute atomic E-state index is 0.00471. The topological polar surface area (TPSA) is 108 Å². The number of unbranched alkanes of at least 4 members (excludes halogenated alkanes) is 16. The number of nitrogens with zero attached hydrogens (tertiary/aromatic N) is 1. The molecule has 0 aliphatic rings. The molecule has 1 amide bonds. The van der Waals surface area contributed by atoms with Crippen LogP contribution in [-0.4, -0.2) is 68.5 Å². The molecular weight excluding hydrogens is 611 g/mol. The number of nitrogens with one attached hydrogen (secondary N) is 1. The number of hydrogen-bond donors (Lipinski definition) is 2. The molecule has 0 spiro atoms. The van der Waals surface area contributed by atoms with Gasteiger partial charge in [0.15, 0.2) is 0 Å². The maximum Gasteiger partial charge on any atom is 0.268 e. The van der Waals surface area contributed by atoms with Crippen LogP contribution in [0.1, 0.15) is 149 Å². The maximum absolute atomic E-state index is 12.7. The SMILES string of the molecule is CCCC/C=C\C/C=C\CCCCCCCC(=O)NC(COP(=O)([O-])OCC[N+](C)(C)C)C(O)/C=C/CCCCCCCCCCC. The Morgan fingerprint density at radius 2 is 1.26 bits per heavy atom. The molecule has 0 aliphatic heterocycles. The summed E-state index contributed by atoms with van der Waals surface area (Å²) in [7, 11) is 1.24. The summed E-state index contributed by atoms with van der Waals surface area (Å²) in [4.78, 5) is 25.1. The fourth-order valence-corrected chi connectivity index (χ4v) is 5.71. The van der Waals surface area contributed by atoms with Crippen LogP contribution in [-0.2, 0) is 18.4 Å². The van der Waals surface area contributed by atoms with Crippen LogP contribution >= 0.6 is 7.82 Å². The zero-order chi connectivity index (χ0) is 35.1. The molecule has 0 saturated carbocycles. The fourth-order valence-electron chi connectivity index (χ4n) is 4.99. The first-order chi connectivity index (χ1) is 22.5. The summed E-state index contributed by atoms with van der Waals surface area (Å²) in [5, 5.41) is 13.7. The molecule has 8 nitrogen and oxygen atoms in total. The number of aliphatic hydroxyl groups excluding tert-OH is 1. The van der Waals surface area contributed by atoms with Gasteiger partial charge in [-0.15, -0.1) is 0 Å². The first-order valence-electron chi connectivity index (χ1n) is 18.9. The molecule has 0 bridgehead atoms. The van der Waals surface area contributed by atoms with Crippen molar-refractivity contribution in [1.82, 2.24) is 5.32 Å². The van der Waals surface area contributed by atoms with Crippen LogP contribution in [0.5, 0.6) is 0 Å². The van der Waals surface area contributed by atoms with E-state index in [1.165, 1.54) is 64.2 Å². The number of rotatable bonds is 33. The highest BCUT2D eigenvalue weighted by Crippen LogP contribution is 2.38. The largest absolute Gasteiger partial charge is 0.756 e. The number of carbonyl (C=O) groups is 1. The van der Waals surface area contributed by atoms with E-state index in [1.54, 1.807) is 6.08 Å². The van der Waals surface area contributed by atoms with Gasteiger partial charge in [-0.1, -0.05) is 134 Å². The van der Waals surface area contributed by atoms with Gasteiger partial charge in [0.05, 0.1) is 39.9 Å². The van der Waals surface area contributed by atoms with Gasteiger partial charge >= 0.3 is 0 Å². The minimum Gasteiger partial charge on any atom is -0.756 e. The lowest BCUT2D eigenvalue weighted by Crippen LogP contribution is -2.45. The van der Waals surface area contributed by atoms with E-state index in [0.717, 1.165) is 64.2 Å². The van der Waals surface area contributed by atoms with Gasteiger partial charge in [-0.3, -0.25) is 9.36 Å². The van der Waals surface area contributed by atoms with Crippen LogP contribution in [0.3, 0.4) is 0 Å². The number of carbonyl (C=O) groups excluding carboxylic acids is 1. The molecule has 0 aromatic rings. The van der Waals surface area contributed by atoms with Crippen LogP contribution in [0, 0.1) is 0 Å². The molecule has 0 aromatic heterocycles. The molecule has 47 heavy (non-hydrogen) atoms. The van der Waals surface area contributed by atoms with E-state index in [-0.39, 0.29) is 19.1 Å². The second-order valence-corrected chi connectivity index (χ2v) is 15.3. The average molecular weight is 685 g/mol. The highest BCUT2D eigenvalue weighted by atomic mass is 31.2. The van der Waals surface area contributed by atoms with Crippen LogP contribution < -0.4 is 10.2 Å². The zero-order valence-electron chi connectivity index (χ0n) is 31.0. The van der Waals surface area contributed by atoms with Crippen molar-refractivity contribution in [3.63, 3.8) is 0 Å². The molecular formula is C38H73N2O6P. The molecule has 9 heteroatoms. The highest BCUT2D eigenvalue weighted by molar-refractivity contribution is 7.45. The number of quaternary nitrogens is 1. The normalized spacial score (nSPS) is 15.1. The summed E-state index contributed by atoms with van der Waals surface area (Å²) in [6, 6.07) is -0.889. The second-order valence-electron chi connectivity index (χ2n) is 13.9. The minimum atomic E-state index is -4.58. The van der Waals surface area contributed by atoms with Crippen LogP contribution in [0.15, 0.2) is 36.5 Å². The molecule has 276 valence electrons. The van der Waals surface area contributed by atoms with Crippen molar-refractivity contribution in [2.45, 2.75) is 161 Å². The van der Waals surface area contributed by atoms with E-state index in [4.69, 9.17) is 9.05 Å². The predicted octanol–water partition coefficient (Wildman–Crippen LogP) is 8.94. The molecule has 2 N–H and O–H groups in total. The van der Waals surface area contributed by atoms with Gasteiger partial charge in [-0.25, -0.2) is 0 Å². The molecule has 0 heterocycles. The van der Waals surface area contributed by atoms with Gasteiger partial charge in [0.25, 0.3) is 7.82 Å². The molecule has 0 fully saturated rings. The van der Waals surface area contributed by atoms with E-state index >= 15 is 0 Å². The van der Waals surface area contributed by atoms with Gasteiger partial charge in [0.1, 0.15) is 13.2 Å². The number of phosphoric ester groups is 1. The Morgan fingerprint density at radius 1 is 0.745 bits per heavy atom. The predicted molar refractivity (Wildman–Crippen MR) is 196 cm³/mol. The summed E-state index contributed by atoms with van der Waals surface area (Å²) in [5.41, 5.74) is 0. The summed E-state index contributed by atoms with van der Waals surface area (Å²) in [5.74, 6) is -0.216. The smallest absolute Gasteiger partial charge is 0.268 e. The van der Waals surface area contributed by atoms with Crippen LogP contribution in [0.25, 0.3) is 0 Å². The van der Waals surface area contributed by atoms with E-state index in [0.29, 0.717) is 17.4 Å². The summed E-state index contributed by atoms with van der Waals surface area (Å²) < 4.78 is 23.0. The Balaban J connectivity index is 4.58. The number of aliphatic hydroxyl groups is 1. The lowest BCUT2D eigenvalue weighted by atomic mass is 10.1. The van der Waals surface area contributed by atoms with Gasteiger partial charge in [-0.05, 0) is 44.9 Å². The number of hydrogen-bond acceptors (Lipinski definition) is 6. The van der Waals surface area contributed by atoms with E-state index < -0.39 is 20.0 Å². The summed E-state index contributed by atoms with van der Waals surface area (Å²) in [6.45, 7) is 4.55. The molecule has 0 rings (SSSR count). The molecule has 0 aromatic carbocycles. The van der Waals surface area contributed by atoms with Gasteiger partial charge in [-0.2, -0.15) is 0 Å². The number of phosphoric acid groups is 1. The molecule has 0 saturated heterocycles. The Morgan fingerprint density at radius 3 is 1.83 bits per heavy atom. The van der Waals surface area contributed by atoms with Gasteiger partial charge in [0, 0.05) is 6.42 Å². The molecule has 0 aliphatic carbocycles. The van der Waals surface area contributed by atoms with Crippen molar-refractivity contribution < 1.29 is 32.9 Å². The summed E-state index contributed by atoms with van der Waals surface area (Å²) in [6.07, 6.45) is 34.6. The van der Waals surface area contributed by atoms with Gasteiger partial charge < -0.3 is 28.8 Å². The van der Waals surface area contributed by atoms with Crippen molar-refractivity contribution in [2.24, 2.45) is 0 Å². The maximum atomic E-state index is 12.7. The van der Waals surface area contributed by atoms with E-state index in [2.05, 4.69) is 43.5 Å². The van der Waals surface area contributed by atoms with E-state index in [1.807, 2.05) is 27.2 Å². The third-order valence-corrected chi connectivity index (χ3v) is 9.06. The quantitative estimate of drug-likeness (QED) is 0.0309. The van der Waals surface area contributed by atoms with Crippen molar-refractivity contribution in [1.29, 1.82) is 0 Å². The Labute approximate surface area is 289 Å². The Kier molecular flexibility index (Phi) is 29.9. The first kappa shape index (κ1) is 45.7. The van der Waals surface area contributed by atoms with Crippen molar-refractivity contribution in [2.75, 3.05) is 40.9 Å². The third-order valence-electron chi connectivity index (χ3n) is 8.09. The van der Waals surface area contributed by atoms with Crippen molar-refractivity contribution in [3.8, 4) is 0 Å². The standard InChI is InChI=1S/C38H73N2O6P/c1-6-8-10-12-14-16-18-19-20-22-24-26-28-30-32-38(42)39-36(35-46-47(43,44)45-34-33-40(3,4)5)37(41)31-29-27-25-23-21-17-15-13-11-9-7-2/h12,14,18-19,29,31,36-37,41H,6-11,13,15-17,20-28,30,32-35H2,1-5H3,(H-,39,42,43,44)/b14-12-,19-18-,31-29+. The first-order valence-corrected chi connectivity index (χ1v) is 20.3.